The lowest BCUT2D eigenvalue weighted by molar-refractivity contribution is -0.125. The Kier molecular flexibility index (Phi) is 7.09. The third-order valence-electron chi connectivity index (χ3n) is 3.88. The second-order valence-electron chi connectivity index (χ2n) is 5.90. The Bertz CT molecular complexity index is 731. The maximum atomic E-state index is 12.2. The molecule has 26 heavy (non-hydrogen) atoms. The molecule has 0 aliphatic rings. The van der Waals surface area contributed by atoms with Gasteiger partial charge in [-0.15, -0.1) is 0 Å². The van der Waals surface area contributed by atoms with Crippen molar-refractivity contribution in [1.29, 1.82) is 0 Å². The molecule has 0 heterocycles. The van der Waals surface area contributed by atoms with Gasteiger partial charge in [-0.25, -0.2) is 0 Å². The normalized spacial score (nSPS) is 10.6. The second kappa shape index (κ2) is 9.51. The van der Waals surface area contributed by atoms with Gasteiger partial charge in [-0.3, -0.25) is 4.79 Å². The summed E-state index contributed by atoms with van der Waals surface area (Å²) in [5.74, 6) is 2.06. The maximum absolute atomic E-state index is 12.2. The number of ether oxygens (including phenoxy) is 3. The zero-order chi connectivity index (χ0) is 18.9. The van der Waals surface area contributed by atoms with Crippen LogP contribution in [0.4, 0.5) is 0 Å². The fourth-order valence-corrected chi connectivity index (χ4v) is 2.27. The van der Waals surface area contributed by atoms with E-state index in [4.69, 9.17) is 14.2 Å². The Hall–Kier alpha value is -2.95. The summed E-state index contributed by atoms with van der Waals surface area (Å²) < 4.78 is 16.1. The molecular formula is C21H25NO4. The second-order valence-corrected chi connectivity index (χ2v) is 5.90. The predicted molar refractivity (Wildman–Crippen MR) is 103 cm³/mol. The number of aryl methyl sites for hydroxylation is 1. The van der Waals surface area contributed by atoms with Crippen molar-refractivity contribution in [3.8, 4) is 17.2 Å². The van der Waals surface area contributed by atoms with Crippen LogP contribution in [0, 0.1) is 6.92 Å². The number of likely N-dealkylation sites (N-methyl/N-ethyl adjacent to an activating group) is 1. The summed E-state index contributed by atoms with van der Waals surface area (Å²) >= 11 is 0. The minimum absolute atomic E-state index is 0.0979. The van der Waals surface area contributed by atoms with Crippen molar-refractivity contribution >= 4 is 12.0 Å². The maximum Gasteiger partial charge on any atom is 0.246 e. The summed E-state index contributed by atoms with van der Waals surface area (Å²) in [6.07, 6.45) is 3.27. The minimum Gasteiger partial charge on any atom is -0.497 e. The van der Waals surface area contributed by atoms with Gasteiger partial charge in [-0.05, 0) is 42.8 Å². The number of carbonyl (C=O) groups is 1. The van der Waals surface area contributed by atoms with Crippen LogP contribution in [0.25, 0.3) is 6.08 Å². The van der Waals surface area contributed by atoms with E-state index in [1.54, 1.807) is 38.3 Å². The summed E-state index contributed by atoms with van der Waals surface area (Å²) in [6.45, 7) is 2.96. The van der Waals surface area contributed by atoms with Crippen LogP contribution in [0.15, 0.2) is 48.5 Å². The highest BCUT2D eigenvalue weighted by molar-refractivity contribution is 5.91. The Morgan fingerprint density at radius 3 is 2.19 bits per heavy atom. The molecule has 2 aromatic carbocycles. The quantitative estimate of drug-likeness (QED) is 0.679. The minimum atomic E-state index is -0.0979. The standard InChI is InChI=1S/C21H25NO4/c1-16-5-8-18(9-6-16)26-12-11-22(2)21(23)10-7-17-13-19(24-3)15-20(14-17)25-4/h5-10,13-15H,11-12H2,1-4H3/b10-7+. The Balaban J connectivity index is 1.87. The Morgan fingerprint density at radius 1 is 1.00 bits per heavy atom. The number of carbonyl (C=O) groups excluding carboxylic acids is 1. The highest BCUT2D eigenvalue weighted by Gasteiger charge is 2.06. The molecule has 138 valence electrons. The molecule has 0 unspecified atom stereocenters. The fraction of sp³-hybridized carbons (Fsp3) is 0.286. The van der Waals surface area contributed by atoms with Gasteiger partial charge in [0, 0.05) is 19.2 Å². The summed E-state index contributed by atoms with van der Waals surface area (Å²) in [4.78, 5) is 13.8. The van der Waals surface area contributed by atoms with Gasteiger partial charge in [0.25, 0.3) is 0 Å². The lowest BCUT2D eigenvalue weighted by atomic mass is 10.2. The van der Waals surface area contributed by atoms with Crippen molar-refractivity contribution in [2.75, 3.05) is 34.4 Å². The van der Waals surface area contributed by atoms with Crippen LogP contribution in [-0.2, 0) is 4.79 Å². The summed E-state index contributed by atoms with van der Waals surface area (Å²) in [6, 6.07) is 13.3. The van der Waals surface area contributed by atoms with Crippen molar-refractivity contribution in [1.82, 2.24) is 4.90 Å². The van der Waals surface area contributed by atoms with Gasteiger partial charge in [0.05, 0.1) is 20.8 Å². The van der Waals surface area contributed by atoms with Crippen molar-refractivity contribution < 1.29 is 19.0 Å². The number of methoxy groups -OCH3 is 2. The molecule has 0 aromatic heterocycles. The van der Waals surface area contributed by atoms with Crippen molar-refractivity contribution in [2.24, 2.45) is 0 Å². The topological polar surface area (TPSA) is 48.0 Å². The number of nitrogens with zero attached hydrogens (tertiary/aromatic N) is 1. The van der Waals surface area contributed by atoms with Crippen LogP contribution in [0.3, 0.4) is 0 Å². The molecule has 2 rings (SSSR count). The van der Waals surface area contributed by atoms with E-state index in [1.807, 2.05) is 43.3 Å². The van der Waals surface area contributed by atoms with E-state index < -0.39 is 0 Å². The molecule has 0 aliphatic carbocycles. The Labute approximate surface area is 154 Å². The van der Waals surface area contributed by atoms with Crippen molar-refractivity contribution in [2.45, 2.75) is 6.92 Å². The molecule has 0 radical (unpaired) electrons. The first-order valence-electron chi connectivity index (χ1n) is 8.37. The molecular weight excluding hydrogens is 330 g/mol. The monoisotopic (exact) mass is 355 g/mol. The van der Waals surface area contributed by atoms with E-state index in [1.165, 1.54) is 11.6 Å². The van der Waals surface area contributed by atoms with Crippen LogP contribution >= 0.6 is 0 Å². The predicted octanol–water partition coefficient (Wildman–Crippen LogP) is 3.56. The van der Waals surface area contributed by atoms with Gasteiger partial charge < -0.3 is 19.1 Å². The SMILES string of the molecule is COc1cc(/C=C/C(=O)N(C)CCOc2ccc(C)cc2)cc(OC)c1. The average molecular weight is 355 g/mol. The van der Waals surface area contributed by atoms with E-state index in [2.05, 4.69) is 0 Å². The summed E-state index contributed by atoms with van der Waals surface area (Å²) in [5, 5.41) is 0. The number of rotatable bonds is 8. The largest absolute Gasteiger partial charge is 0.497 e. The number of amides is 1. The third-order valence-corrected chi connectivity index (χ3v) is 3.88. The summed E-state index contributed by atoms with van der Waals surface area (Å²) in [7, 11) is 4.93. The van der Waals surface area contributed by atoms with E-state index in [0.29, 0.717) is 24.7 Å². The molecule has 2 aromatic rings. The molecule has 5 heteroatoms. The smallest absolute Gasteiger partial charge is 0.246 e. The molecule has 0 spiro atoms. The van der Waals surface area contributed by atoms with Gasteiger partial charge in [0.15, 0.2) is 0 Å². The van der Waals surface area contributed by atoms with E-state index >= 15 is 0 Å². The van der Waals surface area contributed by atoms with Gasteiger partial charge in [-0.2, -0.15) is 0 Å². The average Bonchev–Trinajstić information content (AvgIpc) is 2.67. The molecule has 0 N–H and O–H groups in total. The van der Waals surface area contributed by atoms with Crippen molar-refractivity contribution in [3.63, 3.8) is 0 Å². The molecule has 5 nitrogen and oxygen atoms in total. The van der Waals surface area contributed by atoms with Crippen LogP contribution in [0.5, 0.6) is 17.2 Å². The Morgan fingerprint density at radius 2 is 1.62 bits per heavy atom. The number of hydrogen-bond donors (Lipinski definition) is 0. The number of benzene rings is 2. The van der Waals surface area contributed by atoms with E-state index in [9.17, 15) is 4.79 Å². The molecule has 0 aliphatic heterocycles. The zero-order valence-electron chi connectivity index (χ0n) is 15.7. The van der Waals surface area contributed by atoms with E-state index in [0.717, 1.165) is 11.3 Å². The summed E-state index contributed by atoms with van der Waals surface area (Å²) in [5.41, 5.74) is 2.02. The molecule has 0 saturated heterocycles. The van der Waals surface area contributed by atoms with E-state index in [-0.39, 0.29) is 5.91 Å². The van der Waals surface area contributed by atoms with Gasteiger partial charge in [0.1, 0.15) is 23.9 Å². The van der Waals surface area contributed by atoms with Gasteiger partial charge in [0.2, 0.25) is 5.91 Å². The van der Waals surface area contributed by atoms with Crippen LogP contribution in [-0.4, -0.2) is 45.2 Å². The zero-order valence-corrected chi connectivity index (χ0v) is 15.7. The lowest BCUT2D eigenvalue weighted by Gasteiger charge is -2.15. The number of hydrogen-bond acceptors (Lipinski definition) is 4. The highest BCUT2D eigenvalue weighted by Crippen LogP contribution is 2.23. The molecule has 0 atom stereocenters. The van der Waals surface area contributed by atoms with Gasteiger partial charge in [-0.1, -0.05) is 17.7 Å². The van der Waals surface area contributed by atoms with Crippen molar-refractivity contribution in [3.05, 3.63) is 59.7 Å². The van der Waals surface area contributed by atoms with Crippen LogP contribution in [0.2, 0.25) is 0 Å². The molecule has 0 fully saturated rings. The molecule has 1 amide bonds. The first-order chi connectivity index (χ1) is 12.5. The fourth-order valence-electron chi connectivity index (χ4n) is 2.27. The lowest BCUT2D eigenvalue weighted by Crippen LogP contribution is -2.29. The van der Waals surface area contributed by atoms with Crippen LogP contribution in [0.1, 0.15) is 11.1 Å². The molecule has 0 saturated carbocycles. The first kappa shape index (κ1) is 19.4. The first-order valence-corrected chi connectivity index (χ1v) is 8.37. The molecule has 0 bridgehead atoms. The highest BCUT2D eigenvalue weighted by atomic mass is 16.5. The third kappa shape index (κ3) is 5.84. The van der Waals surface area contributed by atoms with Gasteiger partial charge >= 0.3 is 0 Å². The van der Waals surface area contributed by atoms with Crippen LogP contribution < -0.4 is 14.2 Å².